The molecule has 9 rings (SSSR count). The van der Waals surface area contributed by atoms with Crippen LogP contribution in [0.5, 0.6) is 0 Å². The maximum Gasteiger partial charge on any atom is 0.164 e. The largest absolute Gasteiger partial charge is 0.208 e. The van der Waals surface area contributed by atoms with E-state index >= 15 is 0 Å². The molecule has 9 aromatic rings. The molecule has 0 aliphatic carbocycles. The quantitative estimate of drug-likeness (QED) is 0.182. The minimum Gasteiger partial charge on any atom is -0.208 e. The van der Waals surface area contributed by atoms with Crippen LogP contribution in [0.1, 0.15) is 0 Å². The van der Waals surface area contributed by atoms with Crippen molar-refractivity contribution in [2.75, 3.05) is 0 Å². The minimum atomic E-state index is 0.645. The Morgan fingerprint density at radius 3 is 1.12 bits per heavy atom. The summed E-state index contributed by atoms with van der Waals surface area (Å²) in [6.07, 6.45) is 0. The average Bonchev–Trinajstić information content (AvgIpc) is 3.18. The van der Waals surface area contributed by atoms with Crippen LogP contribution in [0.3, 0.4) is 0 Å². The summed E-state index contributed by atoms with van der Waals surface area (Å²) in [5.74, 6) is 1.94. The molecule has 0 amide bonds. The van der Waals surface area contributed by atoms with Gasteiger partial charge in [0.2, 0.25) is 0 Å². The normalized spacial score (nSPS) is 11.3. The molecular weight excluding hydrogens is 583 g/mol. The van der Waals surface area contributed by atoms with E-state index in [2.05, 4.69) is 152 Å². The molecule has 0 bridgehead atoms. The summed E-state index contributed by atoms with van der Waals surface area (Å²) < 4.78 is 0. The van der Waals surface area contributed by atoms with Crippen molar-refractivity contribution in [2.24, 2.45) is 0 Å². The van der Waals surface area contributed by atoms with E-state index < -0.39 is 0 Å². The second kappa shape index (κ2) is 11.7. The minimum absolute atomic E-state index is 0.645. The lowest BCUT2D eigenvalue weighted by Crippen LogP contribution is -2.00. The molecule has 1 heterocycles. The first-order valence-electron chi connectivity index (χ1n) is 16.2. The van der Waals surface area contributed by atoms with Crippen molar-refractivity contribution in [3.05, 3.63) is 176 Å². The van der Waals surface area contributed by atoms with E-state index in [1.165, 1.54) is 43.4 Å². The topological polar surface area (TPSA) is 38.7 Å². The summed E-state index contributed by atoms with van der Waals surface area (Å²) in [6.45, 7) is 0. The van der Waals surface area contributed by atoms with Gasteiger partial charge in [0.25, 0.3) is 0 Å². The first kappa shape index (κ1) is 27.8. The highest BCUT2D eigenvalue weighted by Crippen LogP contribution is 2.39. The summed E-state index contributed by atoms with van der Waals surface area (Å²) >= 11 is 0. The predicted molar refractivity (Wildman–Crippen MR) is 200 cm³/mol. The van der Waals surface area contributed by atoms with E-state index in [0.29, 0.717) is 17.5 Å². The average molecular weight is 612 g/mol. The van der Waals surface area contributed by atoms with Crippen LogP contribution in [-0.4, -0.2) is 15.0 Å². The van der Waals surface area contributed by atoms with Gasteiger partial charge in [-0.3, -0.25) is 0 Å². The molecule has 0 aliphatic rings. The van der Waals surface area contributed by atoms with Crippen molar-refractivity contribution in [3.8, 4) is 56.4 Å². The molecule has 0 saturated heterocycles. The Kier molecular flexibility index (Phi) is 6.80. The van der Waals surface area contributed by atoms with Crippen LogP contribution in [0.25, 0.3) is 88.7 Å². The van der Waals surface area contributed by atoms with Gasteiger partial charge in [-0.05, 0) is 72.8 Å². The lowest BCUT2D eigenvalue weighted by Gasteiger charge is -2.14. The lowest BCUT2D eigenvalue weighted by atomic mass is 9.91. The van der Waals surface area contributed by atoms with Crippen LogP contribution < -0.4 is 0 Å². The molecule has 0 unspecified atom stereocenters. The van der Waals surface area contributed by atoms with Gasteiger partial charge < -0.3 is 0 Å². The SMILES string of the molecule is c1ccc(-c2cccc(-c3nc(-c4ccccc4)nc(-c4ccc5c6ccccc6c6ccc(-c7ccccc7)cc6c5c4)n3)c2)cc1. The van der Waals surface area contributed by atoms with Crippen LogP contribution >= 0.6 is 0 Å². The van der Waals surface area contributed by atoms with E-state index in [4.69, 9.17) is 15.0 Å². The number of nitrogens with zero attached hydrogens (tertiary/aromatic N) is 3. The van der Waals surface area contributed by atoms with Gasteiger partial charge in [0, 0.05) is 16.7 Å². The highest BCUT2D eigenvalue weighted by atomic mass is 15.0. The number of fused-ring (bicyclic) bond motifs is 6. The van der Waals surface area contributed by atoms with Crippen molar-refractivity contribution >= 4 is 32.3 Å². The van der Waals surface area contributed by atoms with E-state index in [9.17, 15) is 0 Å². The molecule has 1 aromatic heterocycles. The summed E-state index contributed by atoms with van der Waals surface area (Å²) in [4.78, 5) is 15.2. The van der Waals surface area contributed by atoms with Crippen molar-refractivity contribution in [3.63, 3.8) is 0 Å². The van der Waals surface area contributed by atoms with Crippen molar-refractivity contribution in [2.45, 2.75) is 0 Å². The maximum atomic E-state index is 5.13. The number of hydrogen-bond donors (Lipinski definition) is 0. The molecular formula is C45H29N3. The first-order chi connectivity index (χ1) is 23.8. The van der Waals surface area contributed by atoms with Gasteiger partial charge in [-0.2, -0.15) is 0 Å². The number of rotatable bonds is 5. The monoisotopic (exact) mass is 611 g/mol. The van der Waals surface area contributed by atoms with E-state index in [0.717, 1.165) is 27.8 Å². The number of benzene rings is 8. The van der Waals surface area contributed by atoms with Gasteiger partial charge in [-0.1, -0.05) is 158 Å². The van der Waals surface area contributed by atoms with Crippen LogP contribution in [0, 0.1) is 0 Å². The fraction of sp³-hybridized carbons (Fsp3) is 0. The van der Waals surface area contributed by atoms with Gasteiger partial charge in [0.1, 0.15) is 0 Å². The van der Waals surface area contributed by atoms with Crippen molar-refractivity contribution in [1.29, 1.82) is 0 Å². The van der Waals surface area contributed by atoms with Gasteiger partial charge in [-0.25, -0.2) is 15.0 Å². The standard InChI is InChI=1S/C45H29N3/c1-4-13-30(14-5-1)33-19-12-20-35(27-33)44-46-43(32-17-8-3-9-18-32)47-45(48-44)36-24-26-40-38-22-11-10-21-37(38)39-25-23-34(28-41(39)42(40)29-36)31-15-6-2-7-16-31/h1-29H. The third kappa shape index (κ3) is 4.99. The second-order valence-electron chi connectivity index (χ2n) is 12.1. The molecule has 3 nitrogen and oxygen atoms in total. The Morgan fingerprint density at radius 1 is 0.208 bits per heavy atom. The lowest BCUT2D eigenvalue weighted by molar-refractivity contribution is 1.07. The Labute approximate surface area is 278 Å². The highest BCUT2D eigenvalue weighted by Gasteiger charge is 2.16. The van der Waals surface area contributed by atoms with Gasteiger partial charge in [0.05, 0.1) is 0 Å². The fourth-order valence-corrected chi connectivity index (χ4v) is 6.72. The van der Waals surface area contributed by atoms with Gasteiger partial charge >= 0.3 is 0 Å². The van der Waals surface area contributed by atoms with E-state index in [-0.39, 0.29) is 0 Å². The molecule has 0 fully saturated rings. The summed E-state index contributed by atoms with van der Waals surface area (Å²) in [7, 11) is 0. The molecule has 224 valence electrons. The molecule has 48 heavy (non-hydrogen) atoms. The van der Waals surface area contributed by atoms with E-state index in [1.807, 2.05) is 24.3 Å². The van der Waals surface area contributed by atoms with Crippen molar-refractivity contribution < 1.29 is 0 Å². The summed E-state index contributed by atoms with van der Waals surface area (Å²) in [5.41, 5.74) is 7.51. The maximum absolute atomic E-state index is 5.13. The molecule has 0 aliphatic heterocycles. The van der Waals surface area contributed by atoms with Crippen LogP contribution in [-0.2, 0) is 0 Å². The first-order valence-corrected chi connectivity index (χ1v) is 16.2. The molecule has 0 atom stereocenters. The Morgan fingerprint density at radius 2 is 0.562 bits per heavy atom. The molecule has 0 radical (unpaired) electrons. The molecule has 8 aromatic carbocycles. The highest BCUT2D eigenvalue weighted by molar-refractivity contribution is 6.26. The predicted octanol–water partition coefficient (Wildman–Crippen LogP) is 11.7. The smallest absolute Gasteiger partial charge is 0.164 e. The molecule has 3 heteroatoms. The Hall–Kier alpha value is -6.45. The third-order valence-electron chi connectivity index (χ3n) is 9.10. The number of hydrogen-bond acceptors (Lipinski definition) is 3. The third-order valence-corrected chi connectivity index (χ3v) is 9.10. The van der Waals surface area contributed by atoms with Crippen LogP contribution in [0.4, 0.5) is 0 Å². The number of aromatic nitrogens is 3. The van der Waals surface area contributed by atoms with Gasteiger partial charge in [-0.15, -0.1) is 0 Å². The zero-order chi connectivity index (χ0) is 31.9. The fourth-order valence-electron chi connectivity index (χ4n) is 6.72. The molecule has 0 saturated carbocycles. The summed E-state index contributed by atoms with van der Waals surface area (Å²) in [6, 6.07) is 61.7. The zero-order valence-electron chi connectivity index (χ0n) is 26.1. The van der Waals surface area contributed by atoms with E-state index in [1.54, 1.807) is 0 Å². The Balaban J connectivity index is 1.27. The molecule has 0 spiro atoms. The second-order valence-corrected chi connectivity index (χ2v) is 12.1. The van der Waals surface area contributed by atoms with Crippen molar-refractivity contribution in [1.82, 2.24) is 15.0 Å². The van der Waals surface area contributed by atoms with Gasteiger partial charge in [0.15, 0.2) is 17.5 Å². The van der Waals surface area contributed by atoms with Crippen LogP contribution in [0.15, 0.2) is 176 Å². The summed E-state index contributed by atoms with van der Waals surface area (Å²) in [5, 5.41) is 7.31. The van der Waals surface area contributed by atoms with Crippen LogP contribution in [0.2, 0.25) is 0 Å². The zero-order valence-corrected chi connectivity index (χ0v) is 26.1. The Bertz CT molecular complexity index is 2600. The molecule has 0 N–H and O–H groups in total.